The van der Waals surface area contributed by atoms with Crippen LogP contribution in [-0.2, 0) is 0 Å². The van der Waals surface area contributed by atoms with Crippen molar-refractivity contribution >= 4 is 24.2 Å². The normalized spacial score (nSPS) is 10.8. The highest BCUT2D eigenvalue weighted by Gasteiger charge is 2.07. The summed E-state index contributed by atoms with van der Waals surface area (Å²) in [4.78, 5) is 4.53. The minimum atomic E-state index is 0.563. The van der Waals surface area contributed by atoms with E-state index in [2.05, 4.69) is 49.2 Å². The molecule has 3 rings (SSSR count). The molecule has 2 heteroatoms. The maximum Gasteiger partial charge on any atom is 0.141 e. The molecule has 0 aliphatic rings. The van der Waals surface area contributed by atoms with Crippen molar-refractivity contribution in [2.24, 2.45) is 0 Å². The smallest absolute Gasteiger partial charge is 0.141 e. The Labute approximate surface area is 114 Å². The van der Waals surface area contributed by atoms with Gasteiger partial charge in [-0.25, -0.2) is 0 Å². The van der Waals surface area contributed by atoms with Crippen molar-refractivity contribution in [1.29, 1.82) is 0 Å². The minimum Gasteiger partial charge on any atom is -0.264 e. The zero-order chi connectivity index (χ0) is 13.4. The fraction of sp³-hybridized carbons (Fsp3) is 0.118. The van der Waals surface area contributed by atoms with Crippen molar-refractivity contribution in [3.63, 3.8) is 0 Å². The Balaban J connectivity index is 2.35. The van der Waals surface area contributed by atoms with E-state index in [1.54, 1.807) is 0 Å². The van der Waals surface area contributed by atoms with Crippen LogP contribution in [0, 0.1) is 13.8 Å². The van der Waals surface area contributed by atoms with Crippen LogP contribution in [0.3, 0.4) is 0 Å². The Hall–Kier alpha value is -2.09. The first-order valence-corrected chi connectivity index (χ1v) is 6.37. The Bertz CT molecular complexity index is 742. The molecule has 1 nitrogen and oxygen atoms in total. The molecule has 0 N–H and O–H groups in total. The Morgan fingerprint density at radius 1 is 0.895 bits per heavy atom. The van der Waals surface area contributed by atoms with Crippen molar-refractivity contribution in [1.82, 2.24) is 4.98 Å². The van der Waals surface area contributed by atoms with Gasteiger partial charge in [0.15, 0.2) is 0 Å². The van der Waals surface area contributed by atoms with Crippen LogP contribution < -0.4 is 5.59 Å². The molecule has 3 aromatic rings. The maximum atomic E-state index is 5.93. The van der Waals surface area contributed by atoms with Crippen LogP contribution in [0.1, 0.15) is 11.1 Å². The molecule has 0 unspecified atom stereocenters. The fourth-order valence-corrected chi connectivity index (χ4v) is 2.55. The highest BCUT2D eigenvalue weighted by atomic mass is 14.7. The number of nitrogens with zero attached hydrogens (tertiary/aromatic N) is 1. The third-order valence-corrected chi connectivity index (χ3v) is 3.26. The van der Waals surface area contributed by atoms with Gasteiger partial charge in [0, 0.05) is 10.9 Å². The van der Waals surface area contributed by atoms with Crippen molar-refractivity contribution in [2.75, 3.05) is 0 Å². The molecule has 0 bridgehead atoms. The van der Waals surface area contributed by atoms with Crippen LogP contribution in [0.25, 0.3) is 22.0 Å². The van der Waals surface area contributed by atoms with E-state index in [1.807, 2.05) is 18.2 Å². The summed E-state index contributed by atoms with van der Waals surface area (Å²) in [6.45, 7) is 4.20. The fourth-order valence-electron chi connectivity index (χ4n) is 2.55. The largest absolute Gasteiger partial charge is 0.264 e. The Kier molecular flexibility index (Phi) is 2.86. The van der Waals surface area contributed by atoms with Crippen LogP contribution in [-0.4, -0.2) is 12.8 Å². The number of fused-ring (bicyclic) bond motifs is 1. The van der Waals surface area contributed by atoms with Gasteiger partial charge in [0.05, 0.1) is 5.69 Å². The molecule has 0 amide bonds. The van der Waals surface area contributed by atoms with E-state index < -0.39 is 0 Å². The third kappa shape index (κ3) is 2.26. The summed E-state index contributed by atoms with van der Waals surface area (Å²) in [6, 6.07) is 16.6. The molecule has 0 fully saturated rings. The zero-order valence-electron chi connectivity index (χ0n) is 11.1. The lowest BCUT2D eigenvalue weighted by Crippen LogP contribution is -2.09. The molecule has 2 radical (unpaired) electrons. The number of hydrogen-bond donors (Lipinski definition) is 0. The van der Waals surface area contributed by atoms with Gasteiger partial charge in [-0.1, -0.05) is 41.5 Å². The van der Waals surface area contributed by atoms with E-state index >= 15 is 0 Å². The van der Waals surface area contributed by atoms with Crippen molar-refractivity contribution < 1.29 is 0 Å². The second-order valence-electron chi connectivity index (χ2n) is 4.99. The summed E-state index contributed by atoms with van der Waals surface area (Å²) in [7, 11) is 5.93. The molecule has 90 valence electrons. The summed E-state index contributed by atoms with van der Waals surface area (Å²) in [5.41, 5.74) is 5.13. The van der Waals surface area contributed by atoms with Gasteiger partial charge in [-0.05, 0) is 43.0 Å². The van der Waals surface area contributed by atoms with Crippen LogP contribution in [0.5, 0.6) is 0 Å². The SMILES string of the molecule is [B]c1cc2ccccc2c(-c2cc(C)cc(C)c2)n1. The average molecular weight is 243 g/mol. The third-order valence-electron chi connectivity index (χ3n) is 3.26. The second kappa shape index (κ2) is 4.54. The van der Waals surface area contributed by atoms with Crippen LogP contribution in [0.2, 0.25) is 0 Å². The van der Waals surface area contributed by atoms with Gasteiger partial charge in [-0.2, -0.15) is 0 Å². The summed E-state index contributed by atoms with van der Waals surface area (Å²) < 4.78 is 0. The van der Waals surface area contributed by atoms with Gasteiger partial charge >= 0.3 is 0 Å². The maximum absolute atomic E-state index is 5.93. The lowest BCUT2D eigenvalue weighted by Gasteiger charge is -2.10. The van der Waals surface area contributed by atoms with E-state index in [1.165, 1.54) is 11.1 Å². The van der Waals surface area contributed by atoms with Crippen molar-refractivity contribution in [2.45, 2.75) is 13.8 Å². The number of benzene rings is 2. The number of rotatable bonds is 1. The number of hydrogen-bond acceptors (Lipinski definition) is 1. The molecule has 0 aliphatic heterocycles. The predicted molar refractivity (Wildman–Crippen MR) is 82.0 cm³/mol. The lowest BCUT2D eigenvalue weighted by molar-refractivity contribution is 1.35. The highest BCUT2D eigenvalue weighted by Crippen LogP contribution is 2.27. The first kappa shape index (κ1) is 12.0. The van der Waals surface area contributed by atoms with Gasteiger partial charge in [-0.3, -0.25) is 4.98 Å². The topological polar surface area (TPSA) is 12.9 Å². The van der Waals surface area contributed by atoms with Gasteiger partial charge < -0.3 is 0 Å². The summed E-state index contributed by atoms with van der Waals surface area (Å²) >= 11 is 0. The summed E-state index contributed by atoms with van der Waals surface area (Å²) in [5, 5.41) is 2.27. The molecular formula is C17H14BN. The van der Waals surface area contributed by atoms with E-state index in [9.17, 15) is 0 Å². The molecule has 0 spiro atoms. The second-order valence-corrected chi connectivity index (χ2v) is 4.99. The molecule has 0 saturated heterocycles. The van der Waals surface area contributed by atoms with Gasteiger partial charge in [0.2, 0.25) is 0 Å². The monoisotopic (exact) mass is 243 g/mol. The molecule has 0 atom stereocenters. The first-order chi connectivity index (χ1) is 9.13. The highest BCUT2D eigenvalue weighted by molar-refractivity contribution is 6.32. The standard InChI is InChI=1S/C17H14BN/c1-11-7-12(2)9-14(8-11)17-15-6-4-3-5-13(15)10-16(18)19-17/h3-10H,1-2H3. The summed E-state index contributed by atoms with van der Waals surface area (Å²) in [5.74, 6) is 0. The van der Waals surface area contributed by atoms with E-state index in [0.717, 1.165) is 22.0 Å². The number of aryl methyl sites for hydroxylation is 2. The Morgan fingerprint density at radius 3 is 2.32 bits per heavy atom. The first-order valence-electron chi connectivity index (χ1n) is 6.37. The number of pyridine rings is 1. The van der Waals surface area contributed by atoms with Gasteiger partial charge in [0.1, 0.15) is 7.85 Å². The van der Waals surface area contributed by atoms with E-state index in [0.29, 0.717) is 5.59 Å². The van der Waals surface area contributed by atoms with Crippen molar-refractivity contribution in [3.05, 3.63) is 59.7 Å². The minimum absolute atomic E-state index is 0.563. The predicted octanol–water partition coefficient (Wildman–Crippen LogP) is 3.31. The Morgan fingerprint density at radius 2 is 1.58 bits per heavy atom. The molecule has 1 heterocycles. The lowest BCUT2D eigenvalue weighted by atomic mass is 9.95. The average Bonchev–Trinajstić information content (AvgIpc) is 2.36. The van der Waals surface area contributed by atoms with Gasteiger partial charge in [0.25, 0.3) is 0 Å². The van der Waals surface area contributed by atoms with Crippen LogP contribution in [0.15, 0.2) is 48.5 Å². The molecule has 2 aromatic carbocycles. The molecule has 1 aromatic heterocycles. The van der Waals surface area contributed by atoms with Gasteiger partial charge in [-0.15, -0.1) is 0 Å². The molecular weight excluding hydrogens is 229 g/mol. The van der Waals surface area contributed by atoms with Crippen LogP contribution >= 0.6 is 0 Å². The number of aromatic nitrogens is 1. The summed E-state index contributed by atoms with van der Waals surface area (Å²) in [6.07, 6.45) is 0. The van der Waals surface area contributed by atoms with E-state index in [-0.39, 0.29) is 0 Å². The molecule has 0 aliphatic carbocycles. The zero-order valence-corrected chi connectivity index (χ0v) is 11.1. The van der Waals surface area contributed by atoms with E-state index in [4.69, 9.17) is 7.85 Å². The molecule has 0 saturated carbocycles. The molecule has 19 heavy (non-hydrogen) atoms. The van der Waals surface area contributed by atoms with Crippen LogP contribution in [0.4, 0.5) is 0 Å². The quantitative estimate of drug-likeness (QED) is 0.597. The van der Waals surface area contributed by atoms with Crippen molar-refractivity contribution in [3.8, 4) is 11.3 Å².